The molecular formula is C24H36O3. The fourth-order valence-corrected chi connectivity index (χ4v) is 2.10. The van der Waals surface area contributed by atoms with E-state index in [0.29, 0.717) is 6.61 Å². The highest BCUT2D eigenvalue weighted by Crippen LogP contribution is 1.98. The van der Waals surface area contributed by atoms with Gasteiger partial charge in [0.15, 0.2) is 0 Å². The van der Waals surface area contributed by atoms with Gasteiger partial charge in [-0.2, -0.15) is 0 Å². The largest absolute Gasteiger partial charge is 0.480 e. The monoisotopic (exact) mass is 372 g/mol. The molecule has 0 aliphatic heterocycles. The number of carbonyl (C=O) groups is 1. The topological polar surface area (TPSA) is 46.5 Å². The highest BCUT2D eigenvalue weighted by Gasteiger charge is 1.94. The molecule has 27 heavy (non-hydrogen) atoms. The molecule has 0 atom stereocenters. The number of carboxylic acids is 1. The lowest BCUT2D eigenvalue weighted by atomic mass is 10.2. The molecule has 3 nitrogen and oxygen atoms in total. The van der Waals surface area contributed by atoms with E-state index in [1.807, 2.05) is 0 Å². The van der Waals surface area contributed by atoms with Crippen LogP contribution in [0.1, 0.15) is 58.3 Å². The van der Waals surface area contributed by atoms with Crippen LogP contribution in [0.4, 0.5) is 0 Å². The van der Waals surface area contributed by atoms with Crippen LogP contribution in [0.5, 0.6) is 0 Å². The second kappa shape index (κ2) is 21.9. The summed E-state index contributed by atoms with van der Waals surface area (Å²) >= 11 is 0. The maximum atomic E-state index is 10.2. The average molecular weight is 373 g/mol. The van der Waals surface area contributed by atoms with Crippen molar-refractivity contribution in [1.82, 2.24) is 0 Å². The van der Waals surface area contributed by atoms with Crippen molar-refractivity contribution in [3.63, 3.8) is 0 Å². The average Bonchev–Trinajstić information content (AvgIpc) is 2.65. The van der Waals surface area contributed by atoms with Crippen molar-refractivity contribution < 1.29 is 14.6 Å². The van der Waals surface area contributed by atoms with E-state index in [2.05, 4.69) is 79.8 Å². The Labute approximate surface area is 165 Å². The number of ether oxygens (including phenoxy) is 1. The van der Waals surface area contributed by atoms with E-state index in [-0.39, 0.29) is 6.61 Å². The number of rotatable bonds is 17. The van der Waals surface area contributed by atoms with Crippen LogP contribution in [-0.4, -0.2) is 24.3 Å². The Kier molecular flexibility index (Phi) is 20.2. The molecule has 0 spiro atoms. The van der Waals surface area contributed by atoms with Crippen LogP contribution in [0.25, 0.3) is 0 Å². The summed E-state index contributed by atoms with van der Waals surface area (Å²) in [5.41, 5.74) is 0. The molecule has 3 heteroatoms. The molecule has 0 radical (unpaired) electrons. The van der Waals surface area contributed by atoms with Crippen LogP contribution >= 0.6 is 0 Å². The van der Waals surface area contributed by atoms with Gasteiger partial charge < -0.3 is 9.84 Å². The fraction of sp³-hybridized carbons (Fsp3) is 0.458. The van der Waals surface area contributed by atoms with Crippen molar-refractivity contribution in [1.29, 1.82) is 0 Å². The van der Waals surface area contributed by atoms with Crippen LogP contribution in [0, 0.1) is 0 Å². The third-order valence-electron chi connectivity index (χ3n) is 3.48. The first kappa shape index (κ1) is 24.9. The predicted molar refractivity (Wildman–Crippen MR) is 116 cm³/mol. The van der Waals surface area contributed by atoms with Crippen LogP contribution < -0.4 is 0 Å². The Morgan fingerprint density at radius 2 is 1.11 bits per heavy atom. The Hall–Kier alpha value is -2.13. The molecule has 0 saturated heterocycles. The van der Waals surface area contributed by atoms with Crippen LogP contribution in [-0.2, 0) is 9.53 Å². The number of hydrogen-bond donors (Lipinski definition) is 1. The summed E-state index contributed by atoms with van der Waals surface area (Å²) in [5, 5.41) is 8.42. The van der Waals surface area contributed by atoms with Crippen molar-refractivity contribution in [2.24, 2.45) is 0 Å². The van der Waals surface area contributed by atoms with Gasteiger partial charge in [0.1, 0.15) is 6.61 Å². The molecule has 0 amide bonds. The van der Waals surface area contributed by atoms with E-state index in [9.17, 15) is 4.79 Å². The first-order chi connectivity index (χ1) is 13.3. The summed E-state index contributed by atoms with van der Waals surface area (Å²) in [4.78, 5) is 10.2. The molecule has 0 aromatic carbocycles. The molecule has 0 aromatic rings. The summed E-state index contributed by atoms with van der Waals surface area (Å²) in [6, 6.07) is 0. The van der Waals surface area contributed by atoms with E-state index in [4.69, 9.17) is 9.84 Å². The molecule has 0 fully saturated rings. The van der Waals surface area contributed by atoms with Gasteiger partial charge in [0, 0.05) is 6.61 Å². The molecule has 0 aliphatic carbocycles. The molecule has 0 aliphatic rings. The third kappa shape index (κ3) is 23.9. The van der Waals surface area contributed by atoms with Crippen molar-refractivity contribution >= 4 is 5.97 Å². The predicted octanol–water partition coefficient (Wildman–Crippen LogP) is 6.57. The van der Waals surface area contributed by atoms with Gasteiger partial charge in [-0.15, -0.1) is 0 Å². The number of hydrogen-bond acceptors (Lipinski definition) is 2. The van der Waals surface area contributed by atoms with Crippen LogP contribution in [0.15, 0.2) is 72.9 Å². The summed E-state index contributed by atoms with van der Waals surface area (Å²) in [7, 11) is 0. The highest BCUT2D eigenvalue weighted by atomic mass is 16.5. The molecule has 0 bridgehead atoms. The molecule has 150 valence electrons. The third-order valence-corrected chi connectivity index (χ3v) is 3.48. The van der Waals surface area contributed by atoms with E-state index < -0.39 is 5.97 Å². The zero-order valence-corrected chi connectivity index (χ0v) is 16.8. The minimum Gasteiger partial charge on any atom is -0.480 e. The van der Waals surface area contributed by atoms with Gasteiger partial charge in [-0.05, 0) is 51.4 Å². The second-order valence-electron chi connectivity index (χ2n) is 6.00. The molecule has 0 aromatic heterocycles. The SMILES string of the molecule is CCC=CCC=CCC=CCC=CCC=CC/C=C\CCCOCC(=O)O. The number of unbranched alkanes of at least 4 members (excludes halogenated alkanes) is 1. The van der Waals surface area contributed by atoms with Crippen molar-refractivity contribution in [3.05, 3.63) is 72.9 Å². The summed E-state index contributed by atoms with van der Waals surface area (Å²) in [6.07, 6.45) is 34.0. The maximum Gasteiger partial charge on any atom is 0.329 e. The van der Waals surface area contributed by atoms with Gasteiger partial charge in [-0.3, -0.25) is 0 Å². The van der Waals surface area contributed by atoms with E-state index >= 15 is 0 Å². The first-order valence-electron chi connectivity index (χ1n) is 9.96. The Morgan fingerprint density at radius 1 is 0.704 bits per heavy atom. The van der Waals surface area contributed by atoms with Gasteiger partial charge in [0.25, 0.3) is 0 Å². The first-order valence-corrected chi connectivity index (χ1v) is 9.96. The number of carboxylic acid groups (broad SMARTS) is 1. The minimum atomic E-state index is -0.913. The Morgan fingerprint density at radius 3 is 1.52 bits per heavy atom. The smallest absolute Gasteiger partial charge is 0.329 e. The van der Waals surface area contributed by atoms with Gasteiger partial charge in [-0.1, -0.05) is 79.8 Å². The molecule has 0 heterocycles. The van der Waals surface area contributed by atoms with E-state index in [1.54, 1.807) is 0 Å². The lowest BCUT2D eigenvalue weighted by Gasteiger charge is -1.97. The zero-order chi connectivity index (χ0) is 19.8. The lowest BCUT2D eigenvalue weighted by molar-refractivity contribution is -0.142. The molecule has 0 rings (SSSR count). The highest BCUT2D eigenvalue weighted by molar-refractivity contribution is 5.67. The van der Waals surface area contributed by atoms with Crippen LogP contribution in [0.2, 0.25) is 0 Å². The number of allylic oxidation sites excluding steroid dienone is 12. The van der Waals surface area contributed by atoms with Gasteiger partial charge in [0.2, 0.25) is 0 Å². The lowest BCUT2D eigenvalue weighted by Crippen LogP contribution is -2.07. The summed E-state index contributed by atoms with van der Waals surface area (Å²) in [6.45, 7) is 2.44. The second-order valence-corrected chi connectivity index (χ2v) is 6.00. The molecular weight excluding hydrogens is 336 g/mol. The fourth-order valence-electron chi connectivity index (χ4n) is 2.10. The molecule has 0 unspecified atom stereocenters. The quantitative estimate of drug-likeness (QED) is 0.232. The number of aliphatic carboxylic acids is 1. The van der Waals surface area contributed by atoms with E-state index in [0.717, 1.165) is 51.4 Å². The minimum absolute atomic E-state index is 0.205. The Balaban J connectivity index is 3.47. The standard InChI is InChI=1S/C24H36O3/c1-2-3-4-5-6-7-8-9-10-11-12-13-14-15-16-17-18-19-20-21-22-27-23-24(25)26/h3-4,6-7,9-10,12-13,15-16,18-19H,2,5,8,11,14,17,20-23H2,1H3,(H,25,26)/b4-3?,7-6?,10-9?,13-12?,16-15?,19-18-. The normalized spacial score (nSPS) is 12.9. The van der Waals surface area contributed by atoms with Gasteiger partial charge in [-0.25, -0.2) is 4.79 Å². The van der Waals surface area contributed by atoms with Gasteiger partial charge in [0.05, 0.1) is 0 Å². The van der Waals surface area contributed by atoms with Crippen molar-refractivity contribution in [2.45, 2.75) is 58.3 Å². The van der Waals surface area contributed by atoms with E-state index in [1.165, 1.54) is 0 Å². The van der Waals surface area contributed by atoms with Crippen molar-refractivity contribution in [3.8, 4) is 0 Å². The Bertz CT molecular complexity index is 508. The van der Waals surface area contributed by atoms with Crippen LogP contribution in [0.3, 0.4) is 0 Å². The molecule has 0 saturated carbocycles. The summed E-state index contributed by atoms with van der Waals surface area (Å²) in [5.74, 6) is -0.913. The summed E-state index contributed by atoms with van der Waals surface area (Å²) < 4.78 is 4.97. The maximum absolute atomic E-state index is 10.2. The zero-order valence-electron chi connectivity index (χ0n) is 16.8. The van der Waals surface area contributed by atoms with Crippen molar-refractivity contribution in [2.75, 3.05) is 13.2 Å². The molecule has 1 N–H and O–H groups in total. The van der Waals surface area contributed by atoms with Gasteiger partial charge >= 0.3 is 5.97 Å².